The molecular weight excluding hydrogens is 488 g/mol. The van der Waals surface area contributed by atoms with Gasteiger partial charge < -0.3 is 14.4 Å². The van der Waals surface area contributed by atoms with Gasteiger partial charge in [-0.25, -0.2) is 9.79 Å². The minimum atomic E-state index is -0.600. The molecule has 3 heterocycles. The molecule has 0 N–H and O–H groups in total. The van der Waals surface area contributed by atoms with E-state index in [1.54, 1.807) is 19.1 Å². The number of nitrogens with zero attached hydrogens (tertiary/aromatic N) is 4. The van der Waals surface area contributed by atoms with Crippen LogP contribution in [0.25, 0.3) is 0 Å². The van der Waals surface area contributed by atoms with Crippen LogP contribution in [0.15, 0.2) is 82.8 Å². The van der Waals surface area contributed by atoms with E-state index in [1.807, 2.05) is 45.0 Å². The van der Waals surface area contributed by atoms with Gasteiger partial charge in [0.05, 0.1) is 24.1 Å². The summed E-state index contributed by atoms with van der Waals surface area (Å²) in [6, 6.07) is 25.0. The Kier molecular flexibility index (Phi) is 5.97. The largest absolute Gasteiger partial charge is 0.497 e. The second-order valence-corrected chi connectivity index (χ2v) is 11.3. The minimum Gasteiger partial charge on any atom is -0.497 e. The van der Waals surface area contributed by atoms with Crippen LogP contribution in [0, 0.1) is 0 Å². The molecule has 7 nitrogen and oxygen atoms in total. The molecule has 3 aromatic carbocycles. The number of ether oxygens (including phenoxy) is 2. The van der Waals surface area contributed by atoms with Crippen molar-refractivity contribution >= 4 is 29.1 Å². The average molecular weight is 523 g/mol. The molecule has 3 aliphatic heterocycles. The fourth-order valence-electron chi connectivity index (χ4n) is 6.35. The van der Waals surface area contributed by atoms with Gasteiger partial charge in [0.2, 0.25) is 0 Å². The number of rotatable bonds is 3. The Morgan fingerprint density at radius 1 is 1.05 bits per heavy atom. The van der Waals surface area contributed by atoms with Crippen LogP contribution in [0.5, 0.6) is 5.75 Å². The number of aliphatic imine (C=N–C) groups is 2. The van der Waals surface area contributed by atoms with Gasteiger partial charge in [-0.2, -0.15) is 0 Å². The highest BCUT2D eigenvalue weighted by Crippen LogP contribution is 2.59. The molecule has 0 aromatic heterocycles. The Hall–Kier alpha value is -4.13. The fraction of sp³-hybridized carbons (Fsp3) is 0.344. The molecule has 1 amide bonds. The molecule has 0 unspecified atom stereocenters. The topological polar surface area (TPSA) is 66.7 Å². The normalized spacial score (nSPS) is 22.4. The van der Waals surface area contributed by atoms with Gasteiger partial charge in [-0.3, -0.25) is 9.89 Å². The van der Waals surface area contributed by atoms with E-state index >= 15 is 0 Å². The lowest BCUT2D eigenvalue weighted by Gasteiger charge is -2.49. The molecule has 6 rings (SSSR count). The molecule has 1 saturated heterocycles. The number of likely N-dealkylation sites (tertiary alicyclic amines) is 1. The summed E-state index contributed by atoms with van der Waals surface area (Å²) in [5, 5.41) is 0. The number of methoxy groups -OCH3 is 1. The van der Waals surface area contributed by atoms with Crippen molar-refractivity contribution < 1.29 is 14.3 Å². The van der Waals surface area contributed by atoms with Crippen molar-refractivity contribution in [2.24, 2.45) is 9.98 Å². The Morgan fingerprint density at radius 2 is 1.77 bits per heavy atom. The number of hydrogen-bond acceptors (Lipinski definition) is 6. The summed E-state index contributed by atoms with van der Waals surface area (Å²) < 4.78 is 11.2. The highest BCUT2D eigenvalue weighted by Gasteiger charge is 2.61. The van der Waals surface area contributed by atoms with E-state index in [0.717, 1.165) is 39.9 Å². The van der Waals surface area contributed by atoms with E-state index in [0.29, 0.717) is 19.5 Å². The summed E-state index contributed by atoms with van der Waals surface area (Å²) in [7, 11) is 3.45. The maximum atomic E-state index is 13.4. The van der Waals surface area contributed by atoms with Crippen LogP contribution in [-0.4, -0.2) is 49.0 Å². The highest BCUT2D eigenvalue weighted by atomic mass is 16.6. The summed E-state index contributed by atoms with van der Waals surface area (Å²) >= 11 is 0. The predicted molar refractivity (Wildman–Crippen MR) is 154 cm³/mol. The molecule has 0 radical (unpaired) electrons. The summed E-state index contributed by atoms with van der Waals surface area (Å²) in [5.74, 6) is 2.37. The molecular formula is C32H34N4O3. The third-order valence-electron chi connectivity index (χ3n) is 7.90. The molecule has 3 aromatic rings. The number of anilines is 1. The number of piperidine rings is 1. The number of hydrogen-bond donors (Lipinski definition) is 0. The molecule has 1 fully saturated rings. The number of fused-ring (bicyclic) bond motifs is 3. The summed E-state index contributed by atoms with van der Waals surface area (Å²) in [5.41, 5.74) is 4.47. The number of amides is 1. The lowest BCUT2D eigenvalue weighted by molar-refractivity contribution is 0.0339. The first-order valence-electron chi connectivity index (χ1n) is 13.4. The number of amidine groups is 2. The van der Waals surface area contributed by atoms with E-state index in [2.05, 4.69) is 53.4 Å². The number of para-hydroxylation sites is 2. The van der Waals surface area contributed by atoms with E-state index in [9.17, 15) is 4.79 Å². The van der Waals surface area contributed by atoms with Crippen molar-refractivity contribution in [2.75, 3.05) is 25.6 Å². The first-order chi connectivity index (χ1) is 18.8. The summed E-state index contributed by atoms with van der Waals surface area (Å²) in [4.78, 5) is 27.6. The van der Waals surface area contributed by atoms with Crippen LogP contribution < -0.4 is 9.64 Å². The third kappa shape index (κ3) is 3.99. The predicted octanol–water partition coefficient (Wildman–Crippen LogP) is 6.45. The van der Waals surface area contributed by atoms with Crippen LogP contribution in [0.2, 0.25) is 0 Å². The van der Waals surface area contributed by atoms with Crippen molar-refractivity contribution in [3.63, 3.8) is 0 Å². The van der Waals surface area contributed by atoms with Gasteiger partial charge in [-0.05, 0) is 68.1 Å². The Labute approximate surface area is 229 Å². The first-order valence-corrected chi connectivity index (χ1v) is 13.4. The molecule has 7 heteroatoms. The lowest BCUT2D eigenvalue weighted by atomic mass is 9.61. The highest BCUT2D eigenvalue weighted by molar-refractivity contribution is 6.19. The second-order valence-electron chi connectivity index (χ2n) is 11.3. The Morgan fingerprint density at radius 3 is 2.49 bits per heavy atom. The van der Waals surface area contributed by atoms with Crippen LogP contribution in [0.3, 0.4) is 0 Å². The van der Waals surface area contributed by atoms with Crippen LogP contribution in [0.1, 0.15) is 49.8 Å². The Balaban J connectivity index is 1.51. The van der Waals surface area contributed by atoms with Gasteiger partial charge >= 0.3 is 6.09 Å². The first kappa shape index (κ1) is 25.2. The van der Waals surface area contributed by atoms with Crippen molar-refractivity contribution in [3.8, 4) is 5.75 Å². The van der Waals surface area contributed by atoms with Crippen LogP contribution in [0.4, 0.5) is 16.2 Å². The van der Waals surface area contributed by atoms with Crippen molar-refractivity contribution in [1.29, 1.82) is 0 Å². The maximum absolute atomic E-state index is 13.4. The molecule has 200 valence electrons. The summed E-state index contributed by atoms with van der Waals surface area (Å²) in [6.07, 6.45) is 0.347. The number of carbonyl (C=O) groups is 1. The molecule has 0 bridgehead atoms. The van der Waals surface area contributed by atoms with Gasteiger partial charge in [-0.1, -0.05) is 48.5 Å². The molecule has 3 aliphatic rings. The van der Waals surface area contributed by atoms with Crippen LogP contribution in [-0.2, 0) is 16.7 Å². The van der Waals surface area contributed by atoms with Crippen molar-refractivity contribution in [2.45, 2.75) is 50.7 Å². The standard InChI is InChI=1S/C32H34N4O3/c1-31(2,3)39-30(37)35-19-18-32-24-11-7-9-13-26(24)36(20-21-14-16-22(38-5)17-15-21)29(32)34-25-12-8-6-10-23(25)27(32)28(35)33-4/h6-17,27H,18-20H2,1-5H3/t27-,32-/m0/s1. The third-order valence-corrected chi connectivity index (χ3v) is 7.90. The quantitative estimate of drug-likeness (QED) is 0.397. The van der Waals surface area contributed by atoms with E-state index < -0.39 is 11.0 Å². The van der Waals surface area contributed by atoms with Gasteiger partial charge in [-0.15, -0.1) is 0 Å². The molecule has 2 atom stereocenters. The molecule has 0 saturated carbocycles. The van der Waals surface area contributed by atoms with Gasteiger partial charge in [0.1, 0.15) is 23.0 Å². The van der Waals surface area contributed by atoms with Crippen LogP contribution >= 0.6 is 0 Å². The second kappa shape index (κ2) is 9.26. The monoisotopic (exact) mass is 522 g/mol. The molecule has 1 spiro atoms. The van der Waals surface area contributed by atoms with Gasteiger partial charge in [0.25, 0.3) is 0 Å². The van der Waals surface area contributed by atoms with E-state index in [-0.39, 0.29) is 12.0 Å². The van der Waals surface area contributed by atoms with Crippen molar-refractivity contribution in [3.05, 3.63) is 89.5 Å². The zero-order valence-corrected chi connectivity index (χ0v) is 23.1. The smallest absolute Gasteiger partial charge is 0.415 e. The van der Waals surface area contributed by atoms with Gasteiger partial charge in [0.15, 0.2) is 0 Å². The zero-order chi connectivity index (χ0) is 27.4. The lowest BCUT2D eigenvalue weighted by Crippen LogP contribution is -2.59. The Bertz CT molecular complexity index is 1490. The van der Waals surface area contributed by atoms with E-state index in [1.165, 1.54) is 5.56 Å². The summed E-state index contributed by atoms with van der Waals surface area (Å²) in [6.45, 7) is 6.84. The number of benzene rings is 3. The average Bonchev–Trinajstić information content (AvgIpc) is 3.19. The van der Waals surface area contributed by atoms with Gasteiger partial charge in [0, 0.05) is 25.8 Å². The van der Waals surface area contributed by atoms with Crippen molar-refractivity contribution in [1.82, 2.24) is 4.90 Å². The molecule has 39 heavy (non-hydrogen) atoms. The molecule has 0 aliphatic carbocycles. The minimum absolute atomic E-state index is 0.186. The number of carbonyl (C=O) groups excluding carboxylic acids is 1. The van der Waals surface area contributed by atoms with E-state index in [4.69, 9.17) is 19.5 Å². The zero-order valence-electron chi connectivity index (χ0n) is 23.1. The fourth-order valence-corrected chi connectivity index (χ4v) is 6.35. The SMILES string of the molecule is CN=C1[C@@H]2c3ccccc3N=C3N(Cc4ccc(OC)cc4)c4ccccc4[C@]32CCN1C(=O)OC(C)(C)C. The maximum Gasteiger partial charge on any atom is 0.415 e.